The van der Waals surface area contributed by atoms with Gasteiger partial charge in [0.2, 0.25) is 0 Å². The summed E-state index contributed by atoms with van der Waals surface area (Å²) in [4.78, 5) is 11.4. The van der Waals surface area contributed by atoms with Crippen molar-refractivity contribution in [1.29, 1.82) is 0 Å². The zero-order valence-corrected chi connectivity index (χ0v) is 8.98. The number of benzene rings is 1. The first kappa shape index (κ1) is 11.7. The number of esters is 1. The maximum Gasteiger partial charge on any atom is 0.323 e. The van der Waals surface area contributed by atoms with Crippen LogP contribution in [0.15, 0.2) is 30.3 Å². The summed E-state index contributed by atoms with van der Waals surface area (Å²) in [5, 5.41) is 0. The average Bonchev–Trinajstić information content (AvgIpc) is 2.27. The van der Waals surface area contributed by atoms with Gasteiger partial charge in [0.1, 0.15) is 12.6 Å². The Labute approximate surface area is 90.2 Å². The van der Waals surface area contributed by atoms with E-state index in [0.717, 1.165) is 12.0 Å². The molecule has 0 heterocycles. The molecule has 0 fully saturated rings. The van der Waals surface area contributed by atoms with E-state index in [1.165, 1.54) is 0 Å². The van der Waals surface area contributed by atoms with Crippen LogP contribution in [0.25, 0.3) is 0 Å². The summed E-state index contributed by atoms with van der Waals surface area (Å²) in [6.45, 7) is 2.29. The van der Waals surface area contributed by atoms with Crippen LogP contribution in [0.3, 0.4) is 0 Å². The van der Waals surface area contributed by atoms with E-state index in [-0.39, 0.29) is 5.97 Å². The predicted molar refractivity (Wildman–Crippen MR) is 59.1 cm³/mol. The van der Waals surface area contributed by atoms with Gasteiger partial charge in [-0.15, -0.1) is 0 Å². The van der Waals surface area contributed by atoms with Crippen LogP contribution < -0.4 is 5.73 Å². The second-order valence-electron chi connectivity index (χ2n) is 3.49. The highest BCUT2D eigenvalue weighted by Crippen LogP contribution is 2.03. The highest BCUT2D eigenvalue weighted by Gasteiger charge is 2.13. The van der Waals surface area contributed by atoms with Crippen LogP contribution in [-0.2, 0) is 16.1 Å². The van der Waals surface area contributed by atoms with Crippen molar-refractivity contribution in [3.63, 3.8) is 0 Å². The number of carbonyl (C=O) groups is 1. The fraction of sp³-hybridized carbons (Fsp3) is 0.417. The molecule has 1 atom stereocenters. The number of nitrogens with two attached hydrogens (primary N) is 1. The molecule has 3 nitrogen and oxygen atoms in total. The van der Waals surface area contributed by atoms with E-state index in [9.17, 15) is 4.79 Å². The molecule has 0 aliphatic carbocycles. The Morgan fingerprint density at radius 2 is 2.07 bits per heavy atom. The van der Waals surface area contributed by atoms with Gasteiger partial charge in [-0.2, -0.15) is 0 Å². The monoisotopic (exact) mass is 207 g/mol. The van der Waals surface area contributed by atoms with Crippen molar-refractivity contribution in [2.45, 2.75) is 32.4 Å². The maximum atomic E-state index is 11.4. The van der Waals surface area contributed by atoms with Gasteiger partial charge >= 0.3 is 5.97 Å². The Morgan fingerprint density at radius 1 is 1.40 bits per heavy atom. The summed E-state index contributed by atoms with van der Waals surface area (Å²) >= 11 is 0. The first-order chi connectivity index (χ1) is 7.24. The van der Waals surface area contributed by atoms with Gasteiger partial charge in [-0.1, -0.05) is 43.7 Å². The van der Waals surface area contributed by atoms with Crippen LogP contribution in [0.5, 0.6) is 0 Å². The minimum absolute atomic E-state index is 0.303. The maximum absolute atomic E-state index is 11.4. The van der Waals surface area contributed by atoms with Gasteiger partial charge < -0.3 is 10.5 Å². The van der Waals surface area contributed by atoms with Crippen molar-refractivity contribution in [1.82, 2.24) is 0 Å². The number of hydrogen-bond acceptors (Lipinski definition) is 3. The number of ether oxygens (including phenoxy) is 1. The third-order valence-corrected chi connectivity index (χ3v) is 2.13. The first-order valence-electron chi connectivity index (χ1n) is 5.20. The summed E-state index contributed by atoms with van der Waals surface area (Å²) in [5.74, 6) is -0.319. The molecular formula is C12H17NO2. The van der Waals surface area contributed by atoms with Crippen LogP contribution in [0, 0.1) is 0 Å². The molecule has 0 aromatic heterocycles. The summed E-state index contributed by atoms with van der Waals surface area (Å²) in [6.07, 6.45) is 1.56. The van der Waals surface area contributed by atoms with Crippen LogP contribution in [0.2, 0.25) is 0 Å². The molecule has 1 rings (SSSR count). The highest BCUT2D eigenvalue weighted by molar-refractivity contribution is 5.75. The number of rotatable bonds is 5. The lowest BCUT2D eigenvalue weighted by Crippen LogP contribution is -2.31. The van der Waals surface area contributed by atoms with E-state index >= 15 is 0 Å². The zero-order valence-electron chi connectivity index (χ0n) is 8.98. The van der Waals surface area contributed by atoms with Gasteiger partial charge in [0.25, 0.3) is 0 Å². The molecule has 0 amide bonds. The largest absolute Gasteiger partial charge is 0.460 e. The Kier molecular flexibility index (Phi) is 4.84. The van der Waals surface area contributed by atoms with E-state index in [2.05, 4.69) is 0 Å². The van der Waals surface area contributed by atoms with Crippen LogP contribution in [-0.4, -0.2) is 12.0 Å². The lowest BCUT2D eigenvalue weighted by atomic mass is 10.2. The minimum Gasteiger partial charge on any atom is -0.460 e. The molecular weight excluding hydrogens is 190 g/mol. The molecule has 15 heavy (non-hydrogen) atoms. The van der Waals surface area contributed by atoms with E-state index < -0.39 is 6.04 Å². The fourth-order valence-corrected chi connectivity index (χ4v) is 1.26. The predicted octanol–water partition coefficient (Wildman–Crippen LogP) is 1.86. The Bertz CT molecular complexity index is 298. The quantitative estimate of drug-likeness (QED) is 0.750. The van der Waals surface area contributed by atoms with E-state index in [1.54, 1.807) is 0 Å². The van der Waals surface area contributed by atoms with Crippen molar-refractivity contribution in [2.24, 2.45) is 5.73 Å². The first-order valence-corrected chi connectivity index (χ1v) is 5.20. The number of hydrogen-bond donors (Lipinski definition) is 1. The Balaban J connectivity index is 2.34. The van der Waals surface area contributed by atoms with Crippen LogP contribution >= 0.6 is 0 Å². The number of carbonyl (C=O) groups excluding carboxylic acids is 1. The van der Waals surface area contributed by atoms with Gasteiger partial charge in [0.05, 0.1) is 0 Å². The summed E-state index contributed by atoms with van der Waals surface area (Å²) < 4.78 is 5.08. The van der Waals surface area contributed by atoms with Crippen LogP contribution in [0.4, 0.5) is 0 Å². The molecule has 0 bridgehead atoms. The third-order valence-electron chi connectivity index (χ3n) is 2.13. The minimum atomic E-state index is -0.487. The molecule has 0 aliphatic heterocycles. The van der Waals surface area contributed by atoms with Gasteiger partial charge in [-0.25, -0.2) is 0 Å². The van der Waals surface area contributed by atoms with E-state index in [0.29, 0.717) is 13.0 Å². The normalized spacial score (nSPS) is 12.1. The molecule has 2 N–H and O–H groups in total. The van der Waals surface area contributed by atoms with Gasteiger partial charge in [0.15, 0.2) is 0 Å². The third kappa shape index (κ3) is 4.13. The topological polar surface area (TPSA) is 52.3 Å². The van der Waals surface area contributed by atoms with Crippen LogP contribution in [0.1, 0.15) is 25.3 Å². The van der Waals surface area contributed by atoms with Crippen molar-refractivity contribution in [3.8, 4) is 0 Å². The molecule has 0 saturated heterocycles. The Morgan fingerprint density at radius 3 is 2.67 bits per heavy atom. The van der Waals surface area contributed by atoms with Gasteiger partial charge in [-0.05, 0) is 12.0 Å². The summed E-state index contributed by atoms with van der Waals surface area (Å²) in [6, 6.07) is 9.09. The summed E-state index contributed by atoms with van der Waals surface area (Å²) in [5.41, 5.74) is 6.60. The second kappa shape index (κ2) is 6.19. The van der Waals surface area contributed by atoms with Gasteiger partial charge in [-0.3, -0.25) is 4.79 Å². The highest BCUT2D eigenvalue weighted by atomic mass is 16.5. The van der Waals surface area contributed by atoms with E-state index in [1.807, 2.05) is 37.3 Å². The fourth-order valence-electron chi connectivity index (χ4n) is 1.26. The lowest BCUT2D eigenvalue weighted by molar-refractivity contribution is -0.146. The molecule has 0 radical (unpaired) electrons. The second-order valence-corrected chi connectivity index (χ2v) is 3.49. The lowest BCUT2D eigenvalue weighted by Gasteiger charge is -2.10. The van der Waals surface area contributed by atoms with Crippen molar-refractivity contribution < 1.29 is 9.53 Å². The van der Waals surface area contributed by atoms with Crippen molar-refractivity contribution >= 4 is 5.97 Å². The molecule has 1 aromatic rings. The molecule has 0 saturated carbocycles. The molecule has 0 unspecified atom stereocenters. The standard InChI is InChI=1S/C12H17NO2/c1-2-6-11(13)12(14)15-9-10-7-4-3-5-8-10/h3-5,7-8,11H,2,6,9,13H2,1H3/t11-/m0/s1. The van der Waals surface area contributed by atoms with Crippen molar-refractivity contribution in [3.05, 3.63) is 35.9 Å². The zero-order chi connectivity index (χ0) is 11.1. The van der Waals surface area contributed by atoms with Crippen molar-refractivity contribution in [2.75, 3.05) is 0 Å². The molecule has 82 valence electrons. The SMILES string of the molecule is CCC[C@H](N)C(=O)OCc1ccccc1. The smallest absolute Gasteiger partial charge is 0.323 e. The molecule has 0 aliphatic rings. The molecule has 0 spiro atoms. The summed E-state index contributed by atoms with van der Waals surface area (Å²) in [7, 11) is 0. The Hall–Kier alpha value is -1.35. The average molecular weight is 207 g/mol. The molecule has 1 aromatic carbocycles. The molecule has 3 heteroatoms. The van der Waals surface area contributed by atoms with Gasteiger partial charge in [0, 0.05) is 0 Å². The van der Waals surface area contributed by atoms with E-state index in [4.69, 9.17) is 10.5 Å².